The van der Waals surface area contributed by atoms with Crippen LogP contribution in [0.15, 0.2) is 42.6 Å². The molecule has 6 heteroatoms. The molecule has 0 atom stereocenters. The molecule has 2 heterocycles. The Bertz CT molecular complexity index is 696. The van der Waals surface area contributed by atoms with E-state index in [1.54, 1.807) is 19.4 Å². The van der Waals surface area contributed by atoms with Gasteiger partial charge in [-0.3, -0.25) is 9.78 Å². The number of para-hydroxylation sites is 2. The number of benzene rings is 1. The fraction of sp³-hybridized carbons (Fsp3) is 0.294. The maximum absolute atomic E-state index is 11.3. The van der Waals surface area contributed by atoms with Gasteiger partial charge in [-0.15, -0.1) is 0 Å². The number of carbonyl (C=O) groups is 1. The average Bonchev–Trinajstić information content (AvgIpc) is 2.62. The molecule has 1 aliphatic heterocycles. The first-order valence-electron chi connectivity index (χ1n) is 7.58. The summed E-state index contributed by atoms with van der Waals surface area (Å²) in [5.41, 5.74) is 7.69. The molecule has 6 nitrogen and oxygen atoms in total. The minimum atomic E-state index is -0.500. The van der Waals surface area contributed by atoms with Crippen molar-refractivity contribution in [2.45, 2.75) is 0 Å². The maximum atomic E-state index is 11.3. The molecular weight excluding hydrogens is 292 g/mol. The van der Waals surface area contributed by atoms with Crippen molar-refractivity contribution >= 4 is 17.3 Å². The van der Waals surface area contributed by atoms with Gasteiger partial charge in [0.05, 0.1) is 12.8 Å². The van der Waals surface area contributed by atoms with Crippen molar-refractivity contribution in [3.05, 3.63) is 48.3 Å². The number of hydrogen-bond donors (Lipinski definition) is 1. The lowest BCUT2D eigenvalue weighted by molar-refractivity contribution is 0.0995. The van der Waals surface area contributed by atoms with Crippen LogP contribution >= 0.6 is 0 Å². The van der Waals surface area contributed by atoms with Gasteiger partial charge in [0, 0.05) is 38.1 Å². The van der Waals surface area contributed by atoms with Gasteiger partial charge in [0.25, 0.3) is 5.91 Å². The van der Waals surface area contributed by atoms with E-state index in [1.807, 2.05) is 24.3 Å². The Morgan fingerprint density at radius 2 is 1.83 bits per heavy atom. The normalized spacial score (nSPS) is 14.7. The second-order valence-corrected chi connectivity index (χ2v) is 5.41. The van der Waals surface area contributed by atoms with Crippen LogP contribution in [-0.4, -0.2) is 44.2 Å². The quantitative estimate of drug-likeness (QED) is 0.926. The van der Waals surface area contributed by atoms with Crippen LogP contribution in [-0.2, 0) is 0 Å². The van der Waals surface area contributed by atoms with Gasteiger partial charge in [-0.2, -0.15) is 0 Å². The number of methoxy groups -OCH3 is 1. The smallest absolute Gasteiger partial charge is 0.267 e. The van der Waals surface area contributed by atoms with Crippen molar-refractivity contribution in [2.24, 2.45) is 5.73 Å². The lowest BCUT2D eigenvalue weighted by Gasteiger charge is -2.37. The number of carbonyl (C=O) groups excluding carboxylic acids is 1. The topological polar surface area (TPSA) is 71.7 Å². The summed E-state index contributed by atoms with van der Waals surface area (Å²) in [5, 5.41) is 0. The van der Waals surface area contributed by atoms with Crippen molar-refractivity contribution in [2.75, 3.05) is 43.1 Å². The third-order valence-corrected chi connectivity index (χ3v) is 4.07. The van der Waals surface area contributed by atoms with Crippen molar-refractivity contribution in [1.82, 2.24) is 4.98 Å². The Kier molecular flexibility index (Phi) is 4.32. The van der Waals surface area contributed by atoms with Gasteiger partial charge in [-0.25, -0.2) is 0 Å². The molecule has 0 unspecified atom stereocenters. The molecule has 0 spiro atoms. The number of pyridine rings is 1. The highest BCUT2D eigenvalue weighted by molar-refractivity contribution is 5.91. The number of ether oxygens (including phenoxy) is 1. The molecule has 0 bridgehead atoms. The van der Waals surface area contributed by atoms with Crippen molar-refractivity contribution in [3.63, 3.8) is 0 Å². The molecule has 1 aromatic heterocycles. The fourth-order valence-electron chi connectivity index (χ4n) is 2.85. The van der Waals surface area contributed by atoms with Gasteiger partial charge in [0.15, 0.2) is 0 Å². The highest BCUT2D eigenvalue weighted by Crippen LogP contribution is 2.29. The number of nitrogens with two attached hydrogens (primary N) is 1. The van der Waals surface area contributed by atoms with Crippen molar-refractivity contribution in [3.8, 4) is 5.75 Å². The monoisotopic (exact) mass is 312 g/mol. The second-order valence-electron chi connectivity index (χ2n) is 5.41. The summed E-state index contributed by atoms with van der Waals surface area (Å²) in [5.74, 6) is 0.389. The van der Waals surface area contributed by atoms with Crippen molar-refractivity contribution < 1.29 is 9.53 Å². The van der Waals surface area contributed by atoms with Gasteiger partial charge in [0.2, 0.25) is 0 Å². The molecule has 0 saturated carbocycles. The SMILES string of the molecule is COc1ccccc1N1CCN(c2ccnc(C(N)=O)c2)CC1. The van der Waals surface area contributed by atoms with E-state index in [1.165, 1.54) is 0 Å². The summed E-state index contributed by atoms with van der Waals surface area (Å²) < 4.78 is 5.44. The predicted molar refractivity (Wildman–Crippen MR) is 90.2 cm³/mol. The lowest BCUT2D eigenvalue weighted by Crippen LogP contribution is -2.46. The van der Waals surface area contributed by atoms with E-state index in [9.17, 15) is 4.79 Å². The summed E-state index contributed by atoms with van der Waals surface area (Å²) >= 11 is 0. The number of anilines is 2. The van der Waals surface area contributed by atoms with E-state index in [0.717, 1.165) is 43.3 Å². The third kappa shape index (κ3) is 3.21. The molecule has 1 amide bonds. The van der Waals surface area contributed by atoms with Gasteiger partial charge in [0.1, 0.15) is 11.4 Å². The maximum Gasteiger partial charge on any atom is 0.267 e. The van der Waals surface area contributed by atoms with E-state index < -0.39 is 5.91 Å². The zero-order chi connectivity index (χ0) is 16.2. The molecule has 1 saturated heterocycles. The lowest BCUT2D eigenvalue weighted by atomic mass is 10.2. The molecule has 0 aliphatic carbocycles. The van der Waals surface area contributed by atoms with E-state index in [-0.39, 0.29) is 0 Å². The van der Waals surface area contributed by atoms with E-state index in [0.29, 0.717) is 5.69 Å². The van der Waals surface area contributed by atoms with Crippen LogP contribution in [0.5, 0.6) is 5.75 Å². The van der Waals surface area contributed by atoms with Crippen LogP contribution in [0, 0.1) is 0 Å². The minimum absolute atomic E-state index is 0.301. The molecule has 2 N–H and O–H groups in total. The van der Waals surface area contributed by atoms with Crippen molar-refractivity contribution in [1.29, 1.82) is 0 Å². The van der Waals surface area contributed by atoms with Crippen LogP contribution in [0.4, 0.5) is 11.4 Å². The summed E-state index contributed by atoms with van der Waals surface area (Å²) in [6.45, 7) is 3.49. The molecule has 1 aromatic carbocycles. The molecule has 1 fully saturated rings. The molecular formula is C17H20N4O2. The molecule has 120 valence electrons. The summed E-state index contributed by atoms with van der Waals surface area (Å²) in [7, 11) is 1.69. The number of aromatic nitrogens is 1. The zero-order valence-corrected chi connectivity index (χ0v) is 13.1. The highest BCUT2D eigenvalue weighted by Gasteiger charge is 2.20. The van der Waals surface area contributed by atoms with Crippen LogP contribution < -0.4 is 20.3 Å². The Morgan fingerprint density at radius 1 is 1.13 bits per heavy atom. The minimum Gasteiger partial charge on any atom is -0.495 e. The average molecular weight is 312 g/mol. The Morgan fingerprint density at radius 3 is 2.52 bits per heavy atom. The Labute approximate surface area is 135 Å². The first kappa shape index (κ1) is 15.1. The molecule has 23 heavy (non-hydrogen) atoms. The van der Waals surface area contributed by atoms with E-state index in [4.69, 9.17) is 10.5 Å². The van der Waals surface area contributed by atoms with Gasteiger partial charge < -0.3 is 20.3 Å². The number of piperazine rings is 1. The summed E-state index contributed by atoms with van der Waals surface area (Å²) in [4.78, 5) is 19.8. The number of hydrogen-bond acceptors (Lipinski definition) is 5. The van der Waals surface area contributed by atoms with Gasteiger partial charge in [-0.05, 0) is 24.3 Å². The molecule has 3 rings (SSSR count). The van der Waals surface area contributed by atoms with Crippen LogP contribution in [0.2, 0.25) is 0 Å². The number of rotatable bonds is 4. The Balaban J connectivity index is 1.71. The largest absolute Gasteiger partial charge is 0.495 e. The van der Waals surface area contributed by atoms with Crippen LogP contribution in [0.3, 0.4) is 0 Å². The molecule has 2 aromatic rings. The first-order chi connectivity index (χ1) is 11.2. The number of nitrogens with zero attached hydrogens (tertiary/aromatic N) is 3. The fourth-order valence-corrected chi connectivity index (χ4v) is 2.85. The van der Waals surface area contributed by atoms with Crippen LogP contribution in [0.1, 0.15) is 10.5 Å². The van der Waals surface area contributed by atoms with E-state index >= 15 is 0 Å². The standard InChI is InChI=1S/C17H20N4O2/c1-23-16-5-3-2-4-15(16)21-10-8-20(9-11-21)13-6-7-19-14(12-13)17(18)22/h2-7,12H,8-11H2,1H3,(H2,18,22). The van der Waals surface area contributed by atoms with Gasteiger partial charge in [-0.1, -0.05) is 12.1 Å². The highest BCUT2D eigenvalue weighted by atomic mass is 16.5. The predicted octanol–water partition coefficient (Wildman–Crippen LogP) is 1.52. The van der Waals surface area contributed by atoms with Crippen LogP contribution in [0.25, 0.3) is 0 Å². The third-order valence-electron chi connectivity index (χ3n) is 4.07. The van der Waals surface area contributed by atoms with Gasteiger partial charge >= 0.3 is 0 Å². The first-order valence-corrected chi connectivity index (χ1v) is 7.58. The molecule has 0 radical (unpaired) electrons. The number of primary amides is 1. The summed E-state index contributed by atoms with van der Waals surface area (Å²) in [6.07, 6.45) is 1.63. The Hall–Kier alpha value is -2.76. The van der Waals surface area contributed by atoms with E-state index in [2.05, 4.69) is 20.9 Å². The summed E-state index contributed by atoms with van der Waals surface area (Å²) in [6, 6.07) is 11.7. The molecule has 1 aliphatic rings. The second kappa shape index (κ2) is 6.56. The zero-order valence-electron chi connectivity index (χ0n) is 13.1. The number of amides is 1.